The van der Waals surface area contributed by atoms with Crippen LogP contribution in [0.2, 0.25) is 0 Å². The number of nitrogens with two attached hydrogens (primary N) is 1. The molecule has 18 heavy (non-hydrogen) atoms. The quantitative estimate of drug-likeness (QED) is 0.845. The predicted octanol–water partition coefficient (Wildman–Crippen LogP) is 3.01. The number of benzene rings is 1. The highest BCUT2D eigenvalue weighted by molar-refractivity contribution is 5.43. The van der Waals surface area contributed by atoms with Crippen molar-refractivity contribution in [3.05, 3.63) is 23.8 Å². The van der Waals surface area contributed by atoms with E-state index in [1.165, 1.54) is 5.56 Å². The zero-order valence-electron chi connectivity index (χ0n) is 12.0. The Balaban J connectivity index is 2.69. The number of rotatable bonds is 6. The van der Waals surface area contributed by atoms with Gasteiger partial charge in [-0.1, -0.05) is 26.8 Å². The van der Waals surface area contributed by atoms with E-state index in [1.54, 1.807) is 7.11 Å². The van der Waals surface area contributed by atoms with Crippen LogP contribution in [0.5, 0.6) is 11.5 Å². The molecule has 1 rings (SSSR count). The second-order valence-electron chi connectivity index (χ2n) is 5.68. The zero-order chi connectivity index (χ0) is 13.6. The van der Waals surface area contributed by atoms with E-state index in [1.807, 2.05) is 18.2 Å². The van der Waals surface area contributed by atoms with Crippen LogP contribution in [-0.4, -0.2) is 20.3 Å². The average molecular weight is 251 g/mol. The predicted molar refractivity (Wildman–Crippen MR) is 75.3 cm³/mol. The standard InChI is InChI=1S/C15H25NO2/c1-15(2,3)8-10-18-14-11-12(7-9-16)5-6-13(14)17-4/h5-6,11H,7-10,16H2,1-4H3. The molecule has 3 nitrogen and oxygen atoms in total. The van der Waals surface area contributed by atoms with E-state index in [0.29, 0.717) is 13.2 Å². The lowest BCUT2D eigenvalue weighted by Gasteiger charge is -2.19. The summed E-state index contributed by atoms with van der Waals surface area (Å²) in [6.45, 7) is 7.97. The average Bonchev–Trinajstić information content (AvgIpc) is 2.28. The summed E-state index contributed by atoms with van der Waals surface area (Å²) in [5.41, 5.74) is 7.03. The van der Waals surface area contributed by atoms with Crippen molar-refractivity contribution in [2.24, 2.45) is 11.1 Å². The molecule has 0 aliphatic rings. The fourth-order valence-electron chi connectivity index (χ4n) is 1.62. The summed E-state index contributed by atoms with van der Waals surface area (Å²) in [5, 5.41) is 0. The van der Waals surface area contributed by atoms with Crippen molar-refractivity contribution in [1.82, 2.24) is 0 Å². The molecule has 0 aromatic heterocycles. The van der Waals surface area contributed by atoms with Gasteiger partial charge in [0.1, 0.15) is 0 Å². The Labute approximate surface area is 110 Å². The molecule has 0 fully saturated rings. The first-order chi connectivity index (χ1) is 8.46. The molecular weight excluding hydrogens is 226 g/mol. The van der Waals surface area contributed by atoms with Crippen LogP contribution in [0.3, 0.4) is 0 Å². The molecule has 0 saturated carbocycles. The Morgan fingerprint density at radius 3 is 2.44 bits per heavy atom. The van der Waals surface area contributed by atoms with Crippen molar-refractivity contribution >= 4 is 0 Å². The van der Waals surface area contributed by atoms with E-state index in [0.717, 1.165) is 24.3 Å². The maximum absolute atomic E-state index is 5.83. The Morgan fingerprint density at radius 2 is 1.89 bits per heavy atom. The lowest BCUT2D eigenvalue weighted by atomic mass is 9.93. The Hall–Kier alpha value is -1.22. The van der Waals surface area contributed by atoms with E-state index in [2.05, 4.69) is 20.8 Å². The van der Waals surface area contributed by atoms with Crippen LogP contribution < -0.4 is 15.2 Å². The third-order valence-electron chi connectivity index (χ3n) is 2.77. The minimum atomic E-state index is 0.280. The Bertz CT molecular complexity index is 369. The normalized spacial score (nSPS) is 11.4. The van der Waals surface area contributed by atoms with Crippen LogP contribution in [0, 0.1) is 5.41 Å². The minimum absolute atomic E-state index is 0.280. The van der Waals surface area contributed by atoms with Crippen molar-refractivity contribution in [1.29, 1.82) is 0 Å². The first-order valence-corrected chi connectivity index (χ1v) is 6.46. The van der Waals surface area contributed by atoms with Crippen molar-refractivity contribution in [3.8, 4) is 11.5 Å². The molecule has 0 heterocycles. The van der Waals surface area contributed by atoms with Crippen molar-refractivity contribution < 1.29 is 9.47 Å². The van der Waals surface area contributed by atoms with Gasteiger partial charge in [-0.2, -0.15) is 0 Å². The van der Waals surface area contributed by atoms with Gasteiger partial charge in [0.2, 0.25) is 0 Å². The molecule has 0 saturated heterocycles. The van der Waals surface area contributed by atoms with Gasteiger partial charge in [0.15, 0.2) is 11.5 Å². The maximum Gasteiger partial charge on any atom is 0.161 e. The van der Waals surface area contributed by atoms with E-state index in [-0.39, 0.29) is 5.41 Å². The summed E-state index contributed by atoms with van der Waals surface area (Å²) in [7, 11) is 1.66. The van der Waals surface area contributed by atoms with Gasteiger partial charge in [0, 0.05) is 0 Å². The van der Waals surface area contributed by atoms with Crippen LogP contribution in [0.15, 0.2) is 18.2 Å². The van der Waals surface area contributed by atoms with Gasteiger partial charge in [0.25, 0.3) is 0 Å². The molecule has 2 N–H and O–H groups in total. The van der Waals surface area contributed by atoms with Gasteiger partial charge in [-0.3, -0.25) is 0 Å². The molecule has 0 unspecified atom stereocenters. The highest BCUT2D eigenvalue weighted by atomic mass is 16.5. The smallest absolute Gasteiger partial charge is 0.161 e. The first kappa shape index (κ1) is 14.8. The molecule has 1 aromatic carbocycles. The highest BCUT2D eigenvalue weighted by Gasteiger charge is 2.11. The molecule has 0 amide bonds. The van der Waals surface area contributed by atoms with Crippen LogP contribution in [0.25, 0.3) is 0 Å². The fourth-order valence-corrected chi connectivity index (χ4v) is 1.62. The topological polar surface area (TPSA) is 44.5 Å². The van der Waals surface area contributed by atoms with Gasteiger partial charge >= 0.3 is 0 Å². The summed E-state index contributed by atoms with van der Waals surface area (Å²) in [4.78, 5) is 0. The van der Waals surface area contributed by atoms with Crippen LogP contribution in [0.4, 0.5) is 0 Å². The second kappa shape index (κ2) is 6.64. The van der Waals surface area contributed by atoms with Crippen molar-refractivity contribution in [2.45, 2.75) is 33.6 Å². The van der Waals surface area contributed by atoms with Crippen LogP contribution in [-0.2, 0) is 6.42 Å². The summed E-state index contributed by atoms with van der Waals surface area (Å²) >= 11 is 0. The van der Waals surface area contributed by atoms with Gasteiger partial charge in [0.05, 0.1) is 13.7 Å². The zero-order valence-corrected chi connectivity index (χ0v) is 12.0. The molecule has 0 bridgehead atoms. The lowest BCUT2D eigenvalue weighted by Crippen LogP contribution is -2.11. The molecule has 0 aliphatic carbocycles. The minimum Gasteiger partial charge on any atom is -0.493 e. The van der Waals surface area contributed by atoms with E-state index in [9.17, 15) is 0 Å². The molecule has 0 radical (unpaired) electrons. The Morgan fingerprint density at radius 1 is 1.17 bits per heavy atom. The second-order valence-corrected chi connectivity index (χ2v) is 5.68. The number of hydrogen-bond acceptors (Lipinski definition) is 3. The molecule has 1 aromatic rings. The summed E-state index contributed by atoms with van der Waals surface area (Å²) in [5.74, 6) is 1.59. The Kier molecular flexibility index (Phi) is 5.48. The molecule has 3 heteroatoms. The van der Waals surface area contributed by atoms with E-state index < -0.39 is 0 Å². The van der Waals surface area contributed by atoms with Gasteiger partial charge in [-0.25, -0.2) is 0 Å². The molecule has 0 aliphatic heterocycles. The third-order valence-corrected chi connectivity index (χ3v) is 2.77. The maximum atomic E-state index is 5.83. The van der Waals surface area contributed by atoms with Gasteiger partial charge in [-0.15, -0.1) is 0 Å². The van der Waals surface area contributed by atoms with Crippen molar-refractivity contribution in [2.75, 3.05) is 20.3 Å². The van der Waals surface area contributed by atoms with Crippen molar-refractivity contribution in [3.63, 3.8) is 0 Å². The summed E-state index contributed by atoms with van der Waals surface area (Å²) in [6.07, 6.45) is 1.87. The SMILES string of the molecule is COc1ccc(CCN)cc1OCCC(C)(C)C. The van der Waals surface area contributed by atoms with Gasteiger partial charge < -0.3 is 15.2 Å². The fraction of sp³-hybridized carbons (Fsp3) is 0.600. The van der Waals surface area contributed by atoms with Crippen LogP contribution in [0.1, 0.15) is 32.8 Å². The largest absolute Gasteiger partial charge is 0.493 e. The lowest BCUT2D eigenvalue weighted by molar-refractivity contribution is 0.234. The van der Waals surface area contributed by atoms with E-state index >= 15 is 0 Å². The first-order valence-electron chi connectivity index (χ1n) is 6.46. The number of hydrogen-bond donors (Lipinski definition) is 1. The number of ether oxygens (including phenoxy) is 2. The third kappa shape index (κ3) is 4.96. The number of methoxy groups -OCH3 is 1. The van der Waals surface area contributed by atoms with Crippen LogP contribution >= 0.6 is 0 Å². The molecule has 0 spiro atoms. The highest BCUT2D eigenvalue weighted by Crippen LogP contribution is 2.29. The monoisotopic (exact) mass is 251 g/mol. The molecule has 0 atom stereocenters. The molecular formula is C15H25NO2. The summed E-state index contributed by atoms with van der Waals surface area (Å²) in [6, 6.07) is 5.99. The van der Waals surface area contributed by atoms with E-state index in [4.69, 9.17) is 15.2 Å². The van der Waals surface area contributed by atoms with Gasteiger partial charge in [-0.05, 0) is 42.5 Å². The molecule has 102 valence electrons. The summed E-state index contributed by atoms with van der Waals surface area (Å²) < 4.78 is 11.1.